The zero-order chi connectivity index (χ0) is 13.1. The predicted molar refractivity (Wildman–Crippen MR) is 77.1 cm³/mol. The van der Waals surface area contributed by atoms with Crippen LogP contribution in [-0.4, -0.2) is 16.8 Å². The van der Waals surface area contributed by atoms with Gasteiger partial charge < -0.3 is 5.32 Å². The predicted octanol–water partition coefficient (Wildman–Crippen LogP) is 2.99. The molecule has 2 heterocycles. The van der Waals surface area contributed by atoms with Gasteiger partial charge in [-0.2, -0.15) is 5.10 Å². The summed E-state index contributed by atoms with van der Waals surface area (Å²) in [4.78, 5) is 2.86. The SMILES string of the molecule is CNC(CCc1cnn(C)c1)c1cc(C)c(C)s1. The number of thiophene rings is 1. The van der Waals surface area contributed by atoms with Gasteiger partial charge in [-0.1, -0.05) is 0 Å². The quantitative estimate of drug-likeness (QED) is 0.898. The highest BCUT2D eigenvalue weighted by molar-refractivity contribution is 7.12. The first kappa shape index (κ1) is 13.3. The molecule has 2 aromatic rings. The molecule has 0 bridgehead atoms. The fourth-order valence-corrected chi connectivity index (χ4v) is 3.30. The van der Waals surface area contributed by atoms with Crippen molar-refractivity contribution in [2.75, 3.05) is 7.05 Å². The molecule has 0 aliphatic carbocycles. The van der Waals surface area contributed by atoms with Crippen molar-refractivity contribution in [3.8, 4) is 0 Å². The third-order valence-electron chi connectivity index (χ3n) is 3.36. The summed E-state index contributed by atoms with van der Waals surface area (Å²) in [6, 6.07) is 2.76. The molecule has 0 fully saturated rings. The van der Waals surface area contributed by atoms with E-state index in [1.165, 1.54) is 20.9 Å². The van der Waals surface area contributed by atoms with Gasteiger partial charge in [0.05, 0.1) is 6.20 Å². The van der Waals surface area contributed by atoms with E-state index in [2.05, 4.69) is 36.5 Å². The summed E-state index contributed by atoms with van der Waals surface area (Å²) in [6.07, 6.45) is 6.23. The molecule has 2 aromatic heterocycles. The molecule has 0 spiro atoms. The molecule has 0 aliphatic heterocycles. The van der Waals surface area contributed by atoms with Crippen molar-refractivity contribution in [1.82, 2.24) is 15.1 Å². The molecule has 1 unspecified atom stereocenters. The van der Waals surface area contributed by atoms with E-state index in [1.54, 1.807) is 0 Å². The summed E-state index contributed by atoms with van der Waals surface area (Å²) in [7, 11) is 4.00. The van der Waals surface area contributed by atoms with Crippen LogP contribution >= 0.6 is 11.3 Å². The highest BCUT2D eigenvalue weighted by atomic mass is 32.1. The van der Waals surface area contributed by atoms with Gasteiger partial charge in [0.1, 0.15) is 0 Å². The Morgan fingerprint density at radius 2 is 2.22 bits per heavy atom. The summed E-state index contributed by atoms with van der Waals surface area (Å²) >= 11 is 1.90. The van der Waals surface area contributed by atoms with Gasteiger partial charge >= 0.3 is 0 Å². The summed E-state index contributed by atoms with van der Waals surface area (Å²) in [6.45, 7) is 4.38. The molecule has 3 nitrogen and oxygen atoms in total. The number of nitrogens with one attached hydrogen (secondary N) is 1. The van der Waals surface area contributed by atoms with Crippen LogP contribution in [0.15, 0.2) is 18.5 Å². The number of aryl methyl sites for hydroxylation is 4. The molecule has 1 atom stereocenters. The fraction of sp³-hybridized carbons (Fsp3) is 0.500. The van der Waals surface area contributed by atoms with Crippen LogP contribution in [0.2, 0.25) is 0 Å². The maximum absolute atomic E-state index is 4.21. The summed E-state index contributed by atoms with van der Waals surface area (Å²) < 4.78 is 1.86. The lowest BCUT2D eigenvalue weighted by molar-refractivity contribution is 0.557. The number of nitrogens with zero attached hydrogens (tertiary/aromatic N) is 2. The van der Waals surface area contributed by atoms with Crippen LogP contribution in [-0.2, 0) is 13.5 Å². The molecule has 1 N–H and O–H groups in total. The van der Waals surface area contributed by atoms with E-state index >= 15 is 0 Å². The van der Waals surface area contributed by atoms with E-state index in [4.69, 9.17) is 0 Å². The molecule has 0 aromatic carbocycles. The van der Waals surface area contributed by atoms with Crippen LogP contribution in [0.5, 0.6) is 0 Å². The van der Waals surface area contributed by atoms with Gasteiger partial charge in [0.15, 0.2) is 0 Å². The molecule has 0 aliphatic rings. The van der Waals surface area contributed by atoms with Crippen molar-refractivity contribution in [2.24, 2.45) is 7.05 Å². The Hall–Kier alpha value is -1.13. The number of hydrogen-bond donors (Lipinski definition) is 1. The second kappa shape index (κ2) is 5.67. The van der Waals surface area contributed by atoms with Crippen molar-refractivity contribution in [1.29, 1.82) is 0 Å². The standard InChI is InChI=1S/C14H21N3S/c1-10-7-14(18-11(10)2)13(15-3)6-5-12-8-16-17(4)9-12/h7-9,13,15H,5-6H2,1-4H3. The molecule has 0 radical (unpaired) electrons. The van der Waals surface area contributed by atoms with Gasteiger partial charge in [-0.25, -0.2) is 0 Å². The smallest absolute Gasteiger partial charge is 0.0521 e. The van der Waals surface area contributed by atoms with E-state index in [0.717, 1.165) is 12.8 Å². The van der Waals surface area contributed by atoms with Crippen molar-refractivity contribution in [3.05, 3.63) is 39.3 Å². The lowest BCUT2D eigenvalue weighted by Crippen LogP contribution is -2.15. The van der Waals surface area contributed by atoms with Gasteiger partial charge in [0.2, 0.25) is 0 Å². The normalized spacial score (nSPS) is 12.9. The van der Waals surface area contributed by atoms with Crippen LogP contribution < -0.4 is 5.32 Å². The average molecular weight is 263 g/mol. The average Bonchev–Trinajstić information content (AvgIpc) is 2.88. The van der Waals surface area contributed by atoms with Crippen LogP contribution in [0.1, 0.15) is 33.3 Å². The third kappa shape index (κ3) is 3.00. The first-order chi connectivity index (χ1) is 8.60. The fourth-order valence-electron chi connectivity index (χ4n) is 2.11. The molecule has 2 rings (SSSR count). The zero-order valence-electron chi connectivity index (χ0n) is 11.5. The van der Waals surface area contributed by atoms with Gasteiger partial charge in [-0.15, -0.1) is 11.3 Å². The third-order valence-corrected chi connectivity index (χ3v) is 4.62. The van der Waals surface area contributed by atoms with Crippen LogP contribution in [0.4, 0.5) is 0 Å². The van der Waals surface area contributed by atoms with Gasteiger partial charge in [-0.05, 0) is 50.9 Å². The Bertz CT molecular complexity index is 493. The van der Waals surface area contributed by atoms with Crippen molar-refractivity contribution in [2.45, 2.75) is 32.7 Å². The van der Waals surface area contributed by atoms with E-state index < -0.39 is 0 Å². The molecular weight excluding hydrogens is 242 g/mol. The topological polar surface area (TPSA) is 29.9 Å². The van der Waals surface area contributed by atoms with Crippen LogP contribution in [0, 0.1) is 13.8 Å². The summed E-state index contributed by atoms with van der Waals surface area (Å²) in [5.41, 5.74) is 2.71. The Labute approximate surface area is 113 Å². The maximum atomic E-state index is 4.21. The lowest BCUT2D eigenvalue weighted by atomic mass is 10.1. The van der Waals surface area contributed by atoms with E-state index in [1.807, 2.05) is 36.3 Å². The van der Waals surface area contributed by atoms with E-state index in [-0.39, 0.29) is 0 Å². The Balaban J connectivity index is 2.01. The van der Waals surface area contributed by atoms with Gasteiger partial charge in [-0.3, -0.25) is 4.68 Å². The van der Waals surface area contributed by atoms with Crippen LogP contribution in [0.25, 0.3) is 0 Å². The number of aromatic nitrogens is 2. The monoisotopic (exact) mass is 263 g/mol. The molecule has 0 amide bonds. The Morgan fingerprint density at radius 1 is 1.44 bits per heavy atom. The van der Waals surface area contributed by atoms with E-state index in [9.17, 15) is 0 Å². The molecule has 98 valence electrons. The Kier molecular flexibility index (Phi) is 4.19. The van der Waals surface area contributed by atoms with Crippen LogP contribution in [0.3, 0.4) is 0 Å². The molecule has 18 heavy (non-hydrogen) atoms. The van der Waals surface area contributed by atoms with Gasteiger partial charge in [0.25, 0.3) is 0 Å². The van der Waals surface area contributed by atoms with Crippen molar-refractivity contribution >= 4 is 11.3 Å². The second-order valence-corrected chi connectivity index (χ2v) is 6.08. The number of hydrogen-bond acceptors (Lipinski definition) is 3. The van der Waals surface area contributed by atoms with Crippen molar-refractivity contribution in [3.63, 3.8) is 0 Å². The van der Waals surface area contributed by atoms with Crippen molar-refractivity contribution < 1.29 is 0 Å². The minimum atomic E-state index is 0.447. The lowest BCUT2D eigenvalue weighted by Gasteiger charge is -2.13. The minimum Gasteiger partial charge on any atom is -0.312 e. The first-order valence-electron chi connectivity index (χ1n) is 6.32. The second-order valence-electron chi connectivity index (χ2n) is 4.79. The van der Waals surface area contributed by atoms with E-state index in [0.29, 0.717) is 6.04 Å². The maximum Gasteiger partial charge on any atom is 0.0521 e. The molecule has 0 saturated heterocycles. The molecule has 0 saturated carbocycles. The summed E-state index contributed by atoms with van der Waals surface area (Å²) in [5, 5.41) is 7.63. The highest BCUT2D eigenvalue weighted by Crippen LogP contribution is 2.28. The number of rotatable bonds is 5. The minimum absolute atomic E-state index is 0.447. The van der Waals surface area contributed by atoms with Gasteiger partial charge in [0, 0.05) is 29.0 Å². The Morgan fingerprint density at radius 3 is 2.72 bits per heavy atom. The molecular formula is C14H21N3S. The first-order valence-corrected chi connectivity index (χ1v) is 7.13. The zero-order valence-corrected chi connectivity index (χ0v) is 12.3. The summed E-state index contributed by atoms with van der Waals surface area (Å²) in [5.74, 6) is 0. The largest absolute Gasteiger partial charge is 0.312 e. The molecule has 4 heteroatoms. The highest BCUT2D eigenvalue weighted by Gasteiger charge is 2.13.